The van der Waals surface area contributed by atoms with Crippen molar-refractivity contribution in [2.75, 3.05) is 0 Å². The van der Waals surface area contributed by atoms with Gasteiger partial charge < -0.3 is 4.98 Å². The third kappa shape index (κ3) is 5.61. The molecule has 1 aliphatic rings. The molecule has 1 radical (unpaired) electrons. The molecule has 0 fully saturated rings. The number of benzene rings is 3. The van der Waals surface area contributed by atoms with Crippen molar-refractivity contribution < 1.29 is 20.1 Å². The second-order valence-electron chi connectivity index (χ2n) is 11.8. The fourth-order valence-corrected chi connectivity index (χ4v) is 5.43. The summed E-state index contributed by atoms with van der Waals surface area (Å²) < 4.78 is 2.13. The summed E-state index contributed by atoms with van der Waals surface area (Å²) in [5.74, 6) is 0.640. The Morgan fingerprint density at radius 3 is 2.23 bits per heavy atom. The van der Waals surface area contributed by atoms with Gasteiger partial charge in [0.1, 0.15) is 0 Å². The second kappa shape index (κ2) is 12.0. The van der Waals surface area contributed by atoms with Crippen LogP contribution in [0.2, 0.25) is 0 Å². The number of hydrogen-bond acceptors (Lipinski definition) is 2. The number of aromatic nitrogens is 3. The first-order chi connectivity index (χ1) is 18.7. The smallest absolute Gasteiger partial charge is 0.0575 e. The molecular weight excluding hydrogens is 667 g/mol. The number of rotatable bonds is 4. The molecule has 0 aliphatic carbocycles. The quantitative estimate of drug-likeness (QED) is 0.176. The van der Waals surface area contributed by atoms with E-state index in [1.165, 1.54) is 27.9 Å². The van der Waals surface area contributed by atoms with Crippen LogP contribution < -0.4 is 0 Å². The molecule has 0 saturated carbocycles. The van der Waals surface area contributed by atoms with Gasteiger partial charge in [-0.25, -0.2) is 0 Å². The SMILES string of the molecule is CC(C)Cc1c[c-]c2c(c1)C(C)(C)C(C)(C)c1c(-c3ccccc3)cnn1-2.[Ir].[c-]1ccccc1-c1ccccn1. The maximum absolute atomic E-state index is 4.81. The van der Waals surface area contributed by atoms with E-state index in [4.69, 9.17) is 5.10 Å². The Morgan fingerprint density at radius 2 is 1.57 bits per heavy atom. The van der Waals surface area contributed by atoms with Crippen LogP contribution in [0, 0.1) is 18.1 Å². The molecule has 0 saturated heterocycles. The molecule has 3 heterocycles. The van der Waals surface area contributed by atoms with Crippen LogP contribution in [0.1, 0.15) is 58.4 Å². The fraction of sp³-hybridized carbons (Fsp3) is 0.278. The zero-order valence-electron chi connectivity index (χ0n) is 24.2. The molecule has 207 valence electrons. The van der Waals surface area contributed by atoms with Crippen LogP contribution in [-0.4, -0.2) is 14.8 Å². The molecule has 0 amide bonds. The van der Waals surface area contributed by atoms with Gasteiger partial charge in [0.15, 0.2) is 0 Å². The van der Waals surface area contributed by atoms with Crippen molar-refractivity contribution in [1.82, 2.24) is 14.8 Å². The van der Waals surface area contributed by atoms with Gasteiger partial charge >= 0.3 is 0 Å². The van der Waals surface area contributed by atoms with Gasteiger partial charge in [0.2, 0.25) is 0 Å². The minimum absolute atomic E-state index is 0. The van der Waals surface area contributed by atoms with E-state index in [2.05, 4.69) is 106 Å². The molecule has 3 aromatic carbocycles. The molecule has 2 aromatic heterocycles. The topological polar surface area (TPSA) is 30.7 Å². The fourth-order valence-electron chi connectivity index (χ4n) is 5.43. The van der Waals surface area contributed by atoms with E-state index >= 15 is 0 Å². The van der Waals surface area contributed by atoms with Gasteiger partial charge in [0, 0.05) is 37.3 Å². The third-order valence-corrected chi connectivity index (χ3v) is 8.17. The summed E-state index contributed by atoms with van der Waals surface area (Å²) in [6, 6.07) is 35.5. The van der Waals surface area contributed by atoms with E-state index in [1.54, 1.807) is 6.20 Å². The minimum Gasteiger partial charge on any atom is -0.305 e. The van der Waals surface area contributed by atoms with Gasteiger partial charge in [-0.2, -0.15) is 28.9 Å². The van der Waals surface area contributed by atoms with E-state index in [9.17, 15) is 0 Å². The summed E-state index contributed by atoms with van der Waals surface area (Å²) in [6.45, 7) is 14.0. The maximum atomic E-state index is 4.81. The number of hydrogen-bond donors (Lipinski definition) is 0. The monoisotopic (exact) mass is 704 g/mol. The van der Waals surface area contributed by atoms with Crippen molar-refractivity contribution in [3.05, 3.63) is 126 Å². The number of pyridine rings is 1. The molecule has 0 N–H and O–H groups in total. The Bertz CT molecular complexity index is 1500. The van der Waals surface area contributed by atoms with Crippen LogP contribution in [-0.2, 0) is 37.4 Å². The largest absolute Gasteiger partial charge is 0.305 e. The summed E-state index contributed by atoms with van der Waals surface area (Å²) in [6.07, 6.45) is 4.89. The van der Waals surface area contributed by atoms with Gasteiger partial charge in [-0.3, -0.25) is 4.68 Å². The molecule has 0 bridgehead atoms. The Balaban J connectivity index is 0.000000238. The van der Waals surface area contributed by atoms with Crippen LogP contribution in [0.15, 0.2) is 97.3 Å². The maximum Gasteiger partial charge on any atom is 0.0575 e. The molecule has 0 atom stereocenters. The first kappa shape index (κ1) is 29.6. The third-order valence-electron chi connectivity index (χ3n) is 8.17. The average Bonchev–Trinajstić information content (AvgIpc) is 3.40. The predicted octanol–water partition coefficient (Wildman–Crippen LogP) is 8.65. The van der Waals surface area contributed by atoms with Crippen LogP contribution in [0.3, 0.4) is 0 Å². The van der Waals surface area contributed by atoms with E-state index in [-0.39, 0.29) is 30.9 Å². The molecule has 6 rings (SSSR count). The van der Waals surface area contributed by atoms with Crippen LogP contribution in [0.25, 0.3) is 28.1 Å². The molecule has 5 aromatic rings. The molecule has 40 heavy (non-hydrogen) atoms. The molecule has 0 spiro atoms. The van der Waals surface area contributed by atoms with Crippen molar-refractivity contribution in [2.45, 2.75) is 58.8 Å². The van der Waals surface area contributed by atoms with Crippen LogP contribution in [0.5, 0.6) is 0 Å². The van der Waals surface area contributed by atoms with E-state index in [1.807, 2.05) is 48.7 Å². The van der Waals surface area contributed by atoms with Crippen molar-refractivity contribution >= 4 is 0 Å². The summed E-state index contributed by atoms with van der Waals surface area (Å²) in [7, 11) is 0. The van der Waals surface area contributed by atoms with Crippen molar-refractivity contribution in [3.63, 3.8) is 0 Å². The zero-order chi connectivity index (χ0) is 27.6. The van der Waals surface area contributed by atoms with E-state index in [0.717, 1.165) is 23.4 Å². The Morgan fingerprint density at radius 1 is 0.850 bits per heavy atom. The Kier molecular flexibility index (Phi) is 8.92. The average molecular weight is 704 g/mol. The standard InChI is InChI=1S/C25H29N2.C11H8N.Ir/c1-17(2)14-18-12-13-22-21(15-18)24(3,4)25(5,6)23-20(16-26-27(22)23)19-10-8-7-9-11-19;1-2-6-10(7-3-1)11-8-4-5-9-12-11;/h7-12,15-17H,14H2,1-6H3;1-6,8-9H;/q2*-1;. The van der Waals surface area contributed by atoms with Crippen LogP contribution >= 0.6 is 0 Å². The second-order valence-corrected chi connectivity index (χ2v) is 11.8. The van der Waals surface area contributed by atoms with E-state index < -0.39 is 0 Å². The molecule has 4 heteroatoms. The molecule has 3 nitrogen and oxygen atoms in total. The summed E-state index contributed by atoms with van der Waals surface area (Å²) >= 11 is 0. The van der Waals surface area contributed by atoms with E-state index in [0.29, 0.717) is 5.92 Å². The molecule has 1 aliphatic heterocycles. The summed E-state index contributed by atoms with van der Waals surface area (Å²) in [5, 5.41) is 4.81. The Hall–Kier alpha value is -3.33. The number of nitrogens with zero attached hydrogens (tertiary/aromatic N) is 3. The van der Waals surface area contributed by atoms with Crippen molar-refractivity contribution in [3.8, 4) is 28.1 Å². The predicted molar refractivity (Wildman–Crippen MR) is 161 cm³/mol. The Labute approximate surface area is 253 Å². The molecule has 0 unspecified atom stereocenters. The normalized spacial score (nSPS) is 14.3. The van der Waals surface area contributed by atoms with Gasteiger partial charge in [-0.1, -0.05) is 96.3 Å². The first-order valence-electron chi connectivity index (χ1n) is 13.8. The molecular formula is C36H37IrN3-2. The van der Waals surface area contributed by atoms with Gasteiger partial charge in [-0.05, 0) is 28.4 Å². The van der Waals surface area contributed by atoms with Gasteiger partial charge in [0.25, 0.3) is 0 Å². The summed E-state index contributed by atoms with van der Waals surface area (Å²) in [4.78, 5) is 4.22. The van der Waals surface area contributed by atoms with Crippen LogP contribution in [0.4, 0.5) is 0 Å². The van der Waals surface area contributed by atoms with Crippen molar-refractivity contribution in [2.24, 2.45) is 5.92 Å². The summed E-state index contributed by atoms with van der Waals surface area (Å²) in [5.41, 5.74) is 9.46. The zero-order valence-corrected chi connectivity index (χ0v) is 26.6. The van der Waals surface area contributed by atoms with Crippen molar-refractivity contribution in [1.29, 1.82) is 0 Å². The first-order valence-corrected chi connectivity index (χ1v) is 13.8. The number of fused-ring (bicyclic) bond motifs is 3. The van der Waals surface area contributed by atoms with Gasteiger partial charge in [0.05, 0.1) is 11.9 Å². The van der Waals surface area contributed by atoms with Gasteiger partial charge in [-0.15, -0.1) is 41.5 Å². The minimum atomic E-state index is -0.0635.